The summed E-state index contributed by atoms with van der Waals surface area (Å²) in [5.74, 6) is 0. The number of alkyl halides is 6. The molecule has 4 N–H and O–H groups in total. The minimum Gasteiger partial charge on any atom is -0.402 e. The number of anilines is 1. The lowest BCUT2D eigenvalue weighted by atomic mass is 9.91. The van der Waals surface area contributed by atoms with E-state index >= 15 is 0 Å². The van der Waals surface area contributed by atoms with Gasteiger partial charge in [-0.15, -0.1) is 0 Å². The molecule has 0 saturated heterocycles. The first-order valence-corrected chi connectivity index (χ1v) is 10.0. The van der Waals surface area contributed by atoms with E-state index in [1.807, 2.05) is 23.1 Å². The molecule has 4 nitrogen and oxygen atoms in total. The molecule has 2 aromatic carbocycles. The smallest absolute Gasteiger partial charge is 0.402 e. The van der Waals surface area contributed by atoms with Crippen LogP contribution in [-0.4, -0.2) is 29.7 Å². The average Bonchev–Trinajstić information content (AvgIpc) is 3.08. The summed E-state index contributed by atoms with van der Waals surface area (Å²) in [6.07, 6.45) is -11.1. The Labute approximate surface area is 186 Å². The van der Waals surface area contributed by atoms with E-state index < -0.39 is 23.5 Å². The highest BCUT2D eigenvalue weighted by Gasteiger charge is 2.71. The highest BCUT2D eigenvalue weighted by Crippen LogP contribution is 2.50. The summed E-state index contributed by atoms with van der Waals surface area (Å²) in [7, 11) is 0. The Morgan fingerprint density at radius 1 is 1.00 bits per heavy atom. The lowest BCUT2D eigenvalue weighted by Gasteiger charge is -2.32. The Morgan fingerprint density at radius 3 is 2.06 bits per heavy atom. The number of nitrogens with zero attached hydrogens (tertiary/aromatic N) is 1. The first-order valence-electron chi connectivity index (χ1n) is 10.0. The molecule has 178 valence electrons. The average molecular weight is 471 g/mol. The normalized spacial score (nSPS) is 15.4. The number of benzene rings is 2. The van der Waals surface area contributed by atoms with Gasteiger partial charge in [-0.25, -0.2) is 0 Å². The van der Waals surface area contributed by atoms with E-state index in [0.29, 0.717) is 47.6 Å². The third-order valence-electron chi connectivity index (χ3n) is 5.69. The van der Waals surface area contributed by atoms with Gasteiger partial charge in [0.1, 0.15) is 0 Å². The molecule has 0 bridgehead atoms. The van der Waals surface area contributed by atoms with Gasteiger partial charge in [-0.05, 0) is 49.1 Å². The van der Waals surface area contributed by atoms with E-state index in [1.54, 1.807) is 13.8 Å². The van der Waals surface area contributed by atoms with Gasteiger partial charge < -0.3 is 21.1 Å². The number of nitrogens with one attached hydrogen (secondary N) is 1. The predicted octanol–water partition coefficient (Wildman–Crippen LogP) is 5.29. The summed E-state index contributed by atoms with van der Waals surface area (Å²) in [6.45, 7) is 4.24. The maximum absolute atomic E-state index is 13.1. The summed E-state index contributed by atoms with van der Waals surface area (Å²) in [5, 5.41) is 17.5. The molecule has 0 amide bonds. The monoisotopic (exact) mass is 471 g/mol. The summed E-state index contributed by atoms with van der Waals surface area (Å²) in [4.78, 5) is 1.96. The Hall–Kier alpha value is -3.01. The molecule has 0 aromatic heterocycles. The van der Waals surface area contributed by atoms with Crippen molar-refractivity contribution in [2.75, 3.05) is 11.4 Å². The number of allylic oxidation sites excluding steroid dienone is 2. The molecule has 1 aliphatic heterocycles. The third kappa shape index (κ3) is 4.44. The number of hydrogen-bond acceptors (Lipinski definition) is 4. The highest BCUT2D eigenvalue weighted by atomic mass is 19.4. The lowest BCUT2D eigenvalue weighted by molar-refractivity contribution is -0.376. The lowest BCUT2D eigenvalue weighted by Crippen LogP contribution is -2.53. The van der Waals surface area contributed by atoms with Gasteiger partial charge in [0.05, 0.1) is 0 Å². The van der Waals surface area contributed by atoms with Crippen molar-refractivity contribution in [2.24, 2.45) is 5.73 Å². The van der Waals surface area contributed by atoms with E-state index in [1.165, 1.54) is 0 Å². The largest absolute Gasteiger partial charge is 0.430 e. The minimum absolute atomic E-state index is 0.269. The Bertz CT molecular complexity index is 1070. The van der Waals surface area contributed by atoms with E-state index in [9.17, 15) is 31.4 Å². The molecule has 10 heteroatoms. The van der Waals surface area contributed by atoms with Crippen molar-refractivity contribution >= 4 is 17.0 Å². The molecular formula is C23H23F6N3O. The van der Waals surface area contributed by atoms with Crippen LogP contribution in [0.1, 0.15) is 36.1 Å². The van der Waals surface area contributed by atoms with E-state index in [0.717, 1.165) is 28.9 Å². The van der Waals surface area contributed by atoms with Crippen LogP contribution in [0.25, 0.3) is 5.57 Å². The van der Waals surface area contributed by atoms with Crippen LogP contribution in [0.5, 0.6) is 0 Å². The van der Waals surface area contributed by atoms with Gasteiger partial charge in [-0.1, -0.05) is 30.3 Å². The molecule has 0 fully saturated rings. The molecule has 1 heterocycles. The number of halogens is 6. The van der Waals surface area contributed by atoms with E-state index in [-0.39, 0.29) is 6.54 Å². The molecule has 0 spiro atoms. The van der Waals surface area contributed by atoms with Crippen molar-refractivity contribution in [2.45, 2.75) is 44.8 Å². The van der Waals surface area contributed by atoms with Crippen LogP contribution in [0.15, 0.2) is 48.2 Å². The molecular weight excluding hydrogens is 448 g/mol. The summed E-state index contributed by atoms with van der Waals surface area (Å²) in [5.41, 5.74) is 4.40. The first-order chi connectivity index (χ1) is 15.2. The second-order valence-corrected chi connectivity index (χ2v) is 8.10. The fraction of sp³-hybridized carbons (Fsp3) is 0.348. The molecule has 33 heavy (non-hydrogen) atoms. The van der Waals surface area contributed by atoms with Crippen LogP contribution in [0.2, 0.25) is 0 Å². The van der Waals surface area contributed by atoms with Gasteiger partial charge in [0.15, 0.2) is 0 Å². The Morgan fingerprint density at radius 2 is 1.58 bits per heavy atom. The molecule has 0 aliphatic carbocycles. The molecule has 0 saturated carbocycles. The Kier molecular flexibility index (Phi) is 6.27. The first kappa shape index (κ1) is 24.6. The van der Waals surface area contributed by atoms with Crippen molar-refractivity contribution < 1.29 is 31.4 Å². The van der Waals surface area contributed by atoms with Gasteiger partial charge in [0.2, 0.25) is 0 Å². The second-order valence-electron chi connectivity index (χ2n) is 8.10. The zero-order valence-electron chi connectivity index (χ0n) is 17.9. The molecule has 0 atom stereocenters. The van der Waals surface area contributed by atoms with Crippen LogP contribution in [0, 0.1) is 5.41 Å². The van der Waals surface area contributed by atoms with Crippen LogP contribution in [-0.2, 0) is 18.6 Å². The zero-order chi connectivity index (χ0) is 24.8. The number of hydrogen-bond donors (Lipinski definition) is 3. The van der Waals surface area contributed by atoms with Gasteiger partial charge in [0.25, 0.3) is 5.60 Å². The van der Waals surface area contributed by atoms with Gasteiger partial charge in [0, 0.05) is 41.3 Å². The van der Waals surface area contributed by atoms with Crippen molar-refractivity contribution in [1.82, 2.24) is 0 Å². The molecule has 0 unspecified atom stereocenters. The van der Waals surface area contributed by atoms with Crippen LogP contribution in [0.3, 0.4) is 0 Å². The van der Waals surface area contributed by atoms with Gasteiger partial charge in [-0.3, -0.25) is 0 Å². The van der Waals surface area contributed by atoms with E-state index in [4.69, 9.17) is 11.1 Å². The Balaban J connectivity index is 1.85. The maximum Gasteiger partial charge on any atom is 0.430 e. The minimum atomic E-state index is -5.91. The second kappa shape index (κ2) is 8.40. The standard InChI is InChI=1S/C23H23F6N3O/c1-13(30)20(14(2)31)17-5-8-19-16(11-17)9-10-32(19)12-15-3-6-18(7-4-15)21(33,22(24,25)26)23(27,28)29/h3-8,11,30,33H,9-10,12,31H2,1-2H3/b20-14+,30-13?. The quantitative estimate of drug-likeness (QED) is 0.410. The predicted molar refractivity (Wildman–Crippen MR) is 114 cm³/mol. The zero-order valence-corrected chi connectivity index (χ0v) is 17.9. The van der Waals surface area contributed by atoms with Gasteiger partial charge in [-0.2, -0.15) is 26.3 Å². The van der Waals surface area contributed by atoms with Crippen molar-refractivity contribution in [3.05, 3.63) is 70.4 Å². The topological polar surface area (TPSA) is 73.3 Å². The van der Waals surface area contributed by atoms with E-state index in [2.05, 4.69) is 0 Å². The fourth-order valence-corrected chi connectivity index (χ4v) is 4.09. The van der Waals surface area contributed by atoms with Crippen LogP contribution in [0.4, 0.5) is 32.0 Å². The van der Waals surface area contributed by atoms with Crippen molar-refractivity contribution in [3.63, 3.8) is 0 Å². The fourth-order valence-electron chi connectivity index (χ4n) is 4.09. The molecule has 2 aromatic rings. The molecule has 3 rings (SSSR count). The van der Waals surface area contributed by atoms with Crippen LogP contribution < -0.4 is 10.6 Å². The molecule has 1 aliphatic rings. The van der Waals surface area contributed by atoms with Crippen LogP contribution >= 0.6 is 0 Å². The highest BCUT2D eigenvalue weighted by molar-refractivity contribution is 6.21. The summed E-state index contributed by atoms with van der Waals surface area (Å²) < 4.78 is 78.4. The molecule has 0 radical (unpaired) electrons. The summed E-state index contributed by atoms with van der Waals surface area (Å²) in [6, 6.07) is 9.26. The third-order valence-corrected chi connectivity index (χ3v) is 5.69. The number of rotatable bonds is 5. The summed E-state index contributed by atoms with van der Waals surface area (Å²) >= 11 is 0. The number of nitrogens with two attached hydrogens (primary N) is 1. The number of aliphatic hydroxyl groups is 1. The van der Waals surface area contributed by atoms with Crippen molar-refractivity contribution in [3.8, 4) is 0 Å². The van der Waals surface area contributed by atoms with Gasteiger partial charge >= 0.3 is 12.4 Å². The number of fused-ring (bicyclic) bond motifs is 1. The SMILES string of the molecule is CC(=N)/C(=C(/C)N)c1ccc2c(c1)CCN2Cc1ccc(C(O)(C(F)(F)F)C(F)(F)F)cc1. The maximum atomic E-state index is 13.1. The van der Waals surface area contributed by atoms with Crippen molar-refractivity contribution in [1.29, 1.82) is 5.41 Å².